The average Bonchev–Trinajstić information content (AvgIpc) is 3.42. The normalized spacial score (nSPS) is 18.1. The van der Waals surface area contributed by atoms with Gasteiger partial charge < -0.3 is 28.4 Å². The lowest BCUT2D eigenvalue weighted by atomic mass is 9.75. The number of carbonyl (C=O) groups excluding carboxylic acids is 1. The van der Waals surface area contributed by atoms with E-state index in [4.69, 9.17) is 28.4 Å². The molecule has 0 unspecified atom stereocenters. The summed E-state index contributed by atoms with van der Waals surface area (Å²) < 4.78 is 33.8. The van der Waals surface area contributed by atoms with Gasteiger partial charge in [-0.1, -0.05) is 6.08 Å². The third kappa shape index (κ3) is 3.25. The van der Waals surface area contributed by atoms with Gasteiger partial charge in [-0.3, -0.25) is 0 Å². The Morgan fingerprint density at radius 2 is 1.78 bits per heavy atom. The van der Waals surface area contributed by atoms with Crippen molar-refractivity contribution in [1.82, 2.24) is 0 Å². The molecule has 3 aliphatic rings. The van der Waals surface area contributed by atoms with Crippen molar-refractivity contribution in [1.29, 1.82) is 0 Å². The third-order valence-electron chi connectivity index (χ3n) is 6.00. The summed E-state index contributed by atoms with van der Waals surface area (Å²) in [6.07, 6.45) is 3.12. The Morgan fingerprint density at radius 1 is 1.06 bits per heavy atom. The molecule has 0 aromatic heterocycles. The van der Waals surface area contributed by atoms with Gasteiger partial charge in [0.15, 0.2) is 23.0 Å². The fourth-order valence-electron chi connectivity index (χ4n) is 4.53. The van der Waals surface area contributed by atoms with Gasteiger partial charge in [-0.25, -0.2) is 4.79 Å². The molecule has 0 amide bonds. The molecule has 0 N–H and O–H groups in total. The first-order valence-corrected chi connectivity index (χ1v) is 10.5. The highest BCUT2D eigenvalue weighted by atomic mass is 16.7. The number of benzene rings is 2. The molecule has 0 radical (unpaired) electrons. The first-order valence-electron chi connectivity index (χ1n) is 10.5. The second-order valence-electron chi connectivity index (χ2n) is 7.79. The molecule has 32 heavy (non-hydrogen) atoms. The summed E-state index contributed by atoms with van der Waals surface area (Å²) in [4.78, 5) is 12.8. The molecule has 7 nitrogen and oxygen atoms in total. The highest BCUT2D eigenvalue weighted by Gasteiger charge is 2.40. The number of hydrogen-bond acceptors (Lipinski definition) is 7. The summed E-state index contributed by atoms with van der Waals surface area (Å²) in [5.74, 6) is 2.34. The van der Waals surface area contributed by atoms with Crippen molar-refractivity contribution in [2.24, 2.45) is 0 Å². The van der Waals surface area contributed by atoms with Gasteiger partial charge in [-0.05, 0) is 59.4 Å². The van der Waals surface area contributed by atoms with Crippen LogP contribution in [0.5, 0.6) is 28.7 Å². The van der Waals surface area contributed by atoms with Crippen molar-refractivity contribution in [3.63, 3.8) is 0 Å². The van der Waals surface area contributed by atoms with Crippen molar-refractivity contribution in [2.75, 3.05) is 34.2 Å². The fourth-order valence-corrected chi connectivity index (χ4v) is 4.53. The lowest BCUT2D eigenvalue weighted by molar-refractivity contribution is -0.136. The molecule has 0 bridgehead atoms. The van der Waals surface area contributed by atoms with E-state index in [9.17, 15) is 4.79 Å². The van der Waals surface area contributed by atoms with Crippen molar-refractivity contribution >= 4 is 5.97 Å². The molecule has 1 atom stereocenters. The number of esters is 1. The second-order valence-corrected chi connectivity index (χ2v) is 7.79. The van der Waals surface area contributed by atoms with Crippen molar-refractivity contribution in [3.05, 3.63) is 64.8 Å². The molecule has 2 heterocycles. The molecule has 166 valence electrons. The minimum atomic E-state index is -0.344. The number of cyclic esters (lactones) is 1. The lowest BCUT2D eigenvalue weighted by Gasteiger charge is -2.27. The van der Waals surface area contributed by atoms with Gasteiger partial charge in [0, 0.05) is 5.92 Å². The van der Waals surface area contributed by atoms with Gasteiger partial charge in [0.2, 0.25) is 12.5 Å². The zero-order chi connectivity index (χ0) is 22.2. The van der Waals surface area contributed by atoms with E-state index < -0.39 is 0 Å². The van der Waals surface area contributed by atoms with Crippen LogP contribution >= 0.6 is 0 Å². The van der Waals surface area contributed by atoms with E-state index in [0.29, 0.717) is 54.6 Å². The Morgan fingerprint density at radius 3 is 2.47 bits per heavy atom. The molecule has 2 aromatic carbocycles. The number of ether oxygens (including phenoxy) is 6. The van der Waals surface area contributed by atoms with E-state index in [1.165, 1.54) is 0 Å². The number of carbonyl (C=O) groups is 1. The zero-order valence-electron chi connectivity index (χ0n) is 18.1. The monoisotopic (exact) mass is 436 g/mol. The summed E-state index contributed by atoms with van der Waals surface area (Å²) in [5, 5.41) is 0. The SMILES string of the molecule is C=CCCOc1c(OC)cc([C@H]2C3=C(COC3=O)Cc3cc4c(cc32)OCO4)cc1OC. The number of methoxy groups -OCH3 is 2. The van der Waals surface area contributed by atoms with E-state index in [-0.39, 0.29) is 18.7 Å². The molecular weight excluding hydrogens is 412 g/mol. The highest BCUT2D eigenvalue weighted by Crippen LogP contribution is 2.50. The quantitative estimate of drug-likeness (QED) is 0.370. The minimum absolute atomic E-state index is 0.191. The molecule has 5 rings (SSSR count). The Hall–Kier alpha value is -3.61. The van der Waals surface area contributed by atoms with Crippen LogP contribution in [-0.4, -0.2) is 40.2 Å². The van der Waals surface area contributed by atoms with Crippen LogP contribution in [0.3, 0.4) is 0 Å². The molecule has 7 heteroatoms. The van der Waals surface area contributed by atoms with Crippen LogP contribution in [0.15, 0.2) is 48.1 Å². The Balaban J connectivity index is 1.66. The summed E-state index contributed by atoms with van der Waals surface area (Å²) in [6, 6.07) is 7.75. The van der Waals surface area contributed by atoms with E-state index in [0.717, 1.165) is 28.0 Å². The predicted octanol–water partition coefficient (Wildman–Crippen LogP) is 3.93. The molecule has 0 fully saturated rings. The van der Waals surface area contributed by atoms with Crippen molar-refractivity contribution < 1.29 is 33.2 Å². The van der Waals surface area contributed by atoms with Gasteiger partial charge in [-0.2, -0.15) is 0 Å². The van der Waals surface area contributed by atoms with Crippen LogP contribution in [0.2, 0.25) is 0 Å². The smallest absolute Gasteiger partial charge is 0.335 e. The van der Waals surface area contributed by atoms with Crippen LogP contribution < -0.4 is 23.7 Å². The number of rotatable bonds is 7. The molecular formula is C25H24O7. The maximum absolute atomic E-state index is 12.8. The predicted molar refractivity (Wildman–Crippen MR) is 116 cm³/mol. The van der Waals surface area contributed by atoms with Crippen LogP contribution in [0.4, 0.5) is 0 Å². The van der Waals surface area contributed by atoms with Gasteiger partial charge in [0.1, 0.15) is 6.61 Å². The summed E-state index contributed by atoms with van der Waals surface area (Å²) in [5.41, 5.74) is 4.56. The van der Waals surface area contributed by atoms with Crippen LogP contribution in [0.25, 0.3) is 0 Å². The van der Waals surface area contributed by atoms with Gasteiger partial charge in [0.25, 0.3) is 0 Å². The maximum atomic E-state index is 12.8. The highest BCUT2D eigenvalue weighted by molar-refractivity contribution is 5.95. The standard InChI is InChI=1S/C25H24O7/c1-4-5-6-29-24-20(27-2)9-15(10-21(24)28-3)22-17-11-19-18(31-13-32-19)8-14(17)7-16-12-30-25(26)23(16)22/h4,8-11,22H,1,5-7,12-13H2,2-3H3/t22-/m1/s1. The van der Waals surface area contributed by atoms with Crippen molar-refractivity contribution in [2.45, 2.75) is 18.8 Å². The van der Waals surface area contributed by atoms with E-state index in [2.05, 4.69) is 6.58 Å². The topological polar surface area (TPSA) is 72.5 Å². The van der Waals surface area contributed by atoms with Crippen molar-refractivity contribution in [3.8, 4) is 28.7 Å². The molecule has 2 aliphatic heterocycles. The molecule has 0 spiro atoms. The average molecular weight is 436 g/mol. The first kappa shape index (κ1) is 20.3. The van der Waals surface area contributed by atoms with Gasteiger partial charge >= 0.3 is 5.97 Å². The zero-order valence-corrected chi connectivity index (χ0v) is 18.1. The fraction of sp³-hybridized carbons (Fsp3) is 0.320. The minimum Gasteiger partial charge on any atom is -0.493 e. The number of hydrogen-bond donors (Lipinski definition) is 0. The Bertz CT molecular complexity index is 1110. The van der Waals surface area contributed by atoms with E-state index >= 15 is 0 Å². The maximum Gasteiger partial charge on any atom is 0.335 e. The lowest BCUT2D eigenvalue weighted by Crippen LogP contribution is -2.18. The van der Waals surface area contributed by atoms with Crippen LogP contribution in [0, 0.1) is 0 Å². The Labute approximate surface area is 186 Å². The van der Waals surface area contributed by atoms with E-state index in [1.807, 2.05) is 24.3 Å². The molecule has 0 saturated carbocycles. The molecule has 2 aromatic rings. The summed E-state index contributed by atoms with van der Waals surface area (Å²) >= 11 is 0. The third-order valence-corrected chi connectivity index (χ3v) is 6.00. The second kappa shape index (κ2) is 8.15. The number of fused-ring (bicyclic) bond motifs is 2. The summed E-state index contributed by atoms with van der Waals surface area (Å²) in [7, 11) is 3.17. The van der Waals surface area contributed by atoms with Crippen LogP contribution in [-0.2, 0) is 16.0 Å². The van der Waals surface area contributed by atoms with Gasteiger partial charge in [0.05, 0.1) is 26.4 Å². The molecule has 0 saturated heterocycles. The largest absolute Gasteiger partial charge is 0.493 e. The molecule has 1 aliphatic carbocycles. The Kier molecular flexibility index (Phi) is 5.17. The summed E-state index contributed by atoms with van der Waals surface area (Å²) in [6.45, 7) is 4.67. The van der Waals surface area contributed by atoms with E-state index in [1.54, 1.807) is 20.3 Å². The van der Waals surface area contributed by atoms with Crippen LogP contribution in [0.1, 0.15) is 29.0 Å². The van der Waals surface area contributed by atoms with Gasteiger partial charge in [-0.15, -0.1) is 6.58 Å². The first-order chi connectivity index (χ1) is 15.6.